The van der Waals surface area contributed by atoms with Crippen LogP contribution in [-0.2, 0) is 4.74 Å². The van der Waals surface area contributed by atoms with Crippen LogP contribution in [0.1, 0.15) is 30.1 Å². The lowest BCUT2D eigenvalue weighted by Gasteiger charge is -2.34. The van der Waals surface area contributed by atoms with Crippen molar-refractivity contribution in [1.82, 2.24) is 0 Å². The zero-order valence-electron chi connectivity index (χ0n) is 11.1. The third-order valence-corrected chi connectivity index (χ3v) is 3.88. The first-order chi connectivity index (χ1) is 9.02. The molecule has 19 heavy (non-hydrogen) atoms. The quantitative estimate of drug-likeness (QED) is 0.776. The first-order valence-electron chi connectivity index (χ1n) is 6.35. The molecule has 1 saturated heterocycles. The second-order valence-corrected chi connectivity index (χ2v) is 5.88. The van der Waals surface area contributed by atoms with Crippen LogP contribution in [0.2, 0.25) is 0 Å². The standard InChI is InChI=1S/C14H17BrFNO2/c1-9-4-3-5-17(8-9)12-7-10(15)6-11(16)13(12)14(18)19-2/h6-7,9H,3-5,8H2,1-2H3. The van der Waals surface area contributed by atoms with Gasteiger partial charge in [0.15, 0.2) is 0 Å². The summed E-state index contributed by atoms with van der Waals surface area (Å²) in [6.45, 7) is 3.84. The van der Waals surface area contributed by atoms with Crippen molar-refractivity contribution in [2.24, 2.45) is 5.92 Å². The maximum absolute atomic E-state index is 14.0. The SMILES string of the molecule is COC(=O)c1c(F)cc(Br)cc1N1CCCC(C)C1. The molecule has 1 aromatic rings. The van der Waals surface area contributed by atoms with Crippen LogP contribution in [0.15, 0.2) is 16.6 Å². The van der Waals surface area contributed by atoms with E-state index in [4.69, 9.17) is 4.74 Å². The fraction of sp³-hybridized carbons (Fsp3) is 0.500. The molecule has 2 rings (SSSR count). The number of benzene rings is 1. The van der Waals surface area contributed by atoms with Gasteiger partial charge in [-0.05, 0) is 30.9 Å². The Morgan fingerprint density at radius 2 is 2.26 bits per heavy atom. The maximum atomic E-state index is 14.0. The molecule has 5 heteroatoms. The molecule has 1 aliphatic heterocycles. The normalized spacial score (nSPS) is 19.4. The summed E-state index contributed by atoms with van der Waals surface area (Å²) in [5.41, 5.74) is 0.644. The molecule has 1 aliphatic rings. The summed E-state index contributed by atoms with van der Waals surface area (Å²) in [5.74, 6) is -0.631. The molecule has 0 bridgehead atoms. The molecule has 1 atom stereocenters. The smallest absolute Gasteiger partial charge is 0.342 e. The van der Waals surface area contributed by atoms with Crippen LogP contribution >= 0.6 is 15.9 Å². The van der Waals surface area contributed by atoms with Gasteiger partial charge in [0, 0.05) is 17.6 Å². The van der Waals surface area contributed by atoms with Gasteiger partial charge >= 0.3 is 5.97 Å². The topological polar surface area (TPSA) is 29.5 Å². The highest BCUT2D eigenvalue weighted by Gasteiger charge is 2.25. The van der Waals surface area contributed by atoms with Gasteiger partial charge < -0.3 is 9.64 Å². The monoisotopic (exact) mass is 329 g/mol. The van der Waals surface area contributed by atoms with Gasteiger partial charge in [0.25, 0.3) is 0 Å². The zero-order chi connectivity index (χ0) is 14.0. The third kappa shape index (κ3) is 3.08. The number of halogens is 2. The number of hydrogen-bond acceptors (Lipinski definition) is 3. The molecule has 1 unspecified atom stereocenters. The number of piperidine rings is 1. The van der Waals surface area contributed by atoms with Crippen molar-refractivity contribution in [3.05, 3.63) is 28.0 Å². The van der Waals surface area contributed by atoms with E-state index in [-0.39, 0.29) is 5.56 Å². The molecular weight excluding hydrogens is 313 g/mol. The Bertz CT molecular complexity index is 493. The molecule has 0 N–H and O–H groups in total. The van der Waals surface area contributed by atoms with Gasteiger partial charge in [0.05, 0.1) is 12.8 Å². The molecule has 0 radical (unpaired) electrons. The fourth-order valence-electron chi connectivity index (χ4n) is 2.52. The summed E-state index contributed by atoms with van der Waals surface area (Å²) in [7, 11) is 1.27. The van der Waals surface area contributed by atoms with Crippen LogP contribution in [0.3, 0.4) is 0 Å². The summed E-state index contributed by atoms with van der Waals surface area (Å²) < 4.78 is 19.4. The molecule has 104 valence electrons. The molecular formula is C14H17BrFNO2. The molecule has 1 fully saturated rings. The third-order valence-electron chi connectivity index (χ3n) is 3.42. The van der Waals surface area contributed by atoms with Gasteiger partial charge in [-0.3, -0.25) is 0 Å². The number of methoxy groups -OCH3 is 1. The second kappa shape index (κ2) is 5.90. The zero-order valence-corrected chi connectivity index (χ0v) is 12.7. The highest BCUT2D eigenvalue weighted by Crippen LogP contribution is 2.31. The number of carbonyl (C=O) groups is 1. The van der Waals surface area contributed by atoms with Crippen molar-refractivity contribution < 1.29 is 13.9 Å². The second-order valence-electron chi connectivity index (χ2n) is 4.97. The molecule has 0 aliphatic carbocycles. The first-order valence-corrected chi connectivity index (χ1v) is 7.14. The number of esters is 1. The minimum Gasteiger partial charge on any atom is -0.465 e. The Balaban J connectivity index is 2.45. The van der Waals surface area contributed by atoms with E-state index in [9.17, 15) is 9.18 Å². The summed E-state index contributed by atoms with van der Waals surface area (Å²) in [6, 6.07) is 3.08. The number of carbonyl (C=O) groups excluding carboxylic acids is 1. The lowest BCUT2D eigenvalue weighted by molar-refractivity contribution is 0.0596. The summed E-state index contributed by atoms with van der Waals surface area (Å²) >= 11 is 3.28. The van der Waals surface area contributed by atoms with Crippen molar-refractivity contribution in [2.75, 3.05) is 25.1 Å². The van der Waals surface area contributed by atoms with Crippen LogP contribution in [0.4, 0.5) is 10.1 Å². The van der Waals surface area contributed by atoms with Gasteiger partial charge in [-0.15, -0.1) is 0 Å². The van der Waals surface area contributed by atoms with Crippen LogP contribution < -0.4 is 4.90 Å². The van der Waals surface area contributed by atoms with Crippen LogP contribution in [0.25, 0.3) is 0 Å². The predicted octanol–water partition coefficient (Wildman–Crippen LogP) is 3.61. The van der Waals surface area contributed by atoms with Gasteiger partial charge in [0.1, 0.15) is 11.4 Å². The van der Waals surface area contributed by atoms with Gasteiger partial charge in [-0.1, -0.05) is 22.9 Å². The largest absolute Gasteiger partial charge is 0.465 e. The maximum Gasteiger partial charge on any atom is 0.342 e. The Labute approximate surface area is 120 Å². The van der Waals surface area contributed by atoms with E-state index >= 15 is 0 Å². The number of nitrogens with zero attached hydrogens (tertiary/aromatic N) is 1. The summed E-state index contributed by atoms with van der Waals surface area (Å²) in [4.78, 5) is 13.9. The highest BCUT2D eigenvalue weighted by molar-refractivity contribution is 9.10. The Morgan fingerprint density at radius 3 is 2.89 bits per heavy atom. The lowest BCUT2D eigenvalue weighted by atomic mass is 9.98. The van der Waals surface area contributed by atoms with E-state index in [0.717, 1.165) is 19.5 Å². The molecule has 0 amide bonds. The van der Waals surface area contributed by atoms with Crippen LogP contribution in [0.5, 0.6) is 0 Å². The van der Waals surface area contributed by atoms with Gasteiger partial charge in [0.2, 0.25) is 0 Å². The molecule has 3 nitrogen and oxygen atoms in total. The molecule has 1 heterocycles. The fourth-order valence-corrected chi connectivity index (χ4v) is 2.94. The number of rotatable bonds is 2. The van der Waals surface area contributed by atoms with Crippen molar-refractivity contribution in [2.45, 2.75) is 19.8 Å². The lowest BCUT2D eigenvalue weighted by Crippen LogP contribution is -2.35. The molecule has 0 aromatic heterocycles. The molecule has 0 spiro atoms. The van der Waals surface area contributed by atoms with Crippen molar-refractivity contribution >= 4 is 27.6 Å². The number of hydrogen-bond donors (Lipinski definition) is 0. The molecule has 1 aromatic carbocycles. The van der Waals surface area contributed by atoms with E-state index in [1.165, 1.54) is 19.6 Å². The summed E-state index contributed by atoms with van der Waals surface area (Å²) in [6.07, 6.45) is 2.22. The van der Waals surface area contributed by atoms with Crippen molar-refractivity contribution in [3.8, 4) is 0 Å². The van der Waals surface area contributed by atoms with Crippen LogP contribution in [-0.4, -0.2) is 26.2 Å². The predicted molar refractivity (Wildman–Crippen MR) is 76.1 cm³/mol. The molecule has 0 saturated carbocycles. The van der Waals surface area contributed by atoms with Crippen molar-refractivity contribution in [1.29, 1.82) is 0 Å². The number of anilines is 1. The van der Waals surface area contributed by atoms with E-state index in [1.54, 1.807) is 6.07 Å². The minimum atomic E-state index is -0.627. The average molecular weight is 330 g/mol. The summed E-state index contributed by atoms with van der Waals surface area (Å²) in [5, 5.41) is 0. The minimum absolute atomic E-state index is 0.0276. The van der Waals surface area contributed by atoms with Crippen molar-refractivity contribution in [3.63, 3.8) is 0 Å². The van der Waals surface area contributed by atoms with E-state index < -0.39 is 11.8 Å². The Kier molecular flexibility index (Phi) is 4.45. The van der Waals surface area contributed by atoms with Crippen LogP contribution in [0, 0.1) is 11.7 Å². The van der Waals surface area contributed by atoms with E-state index in [0.29, 0.717) is 16.1 Å². The highest BCUT2D eigenvalue weighted by atomic mass is 79.9. The van der Waals surface area contributed by atoms with E-state index in [1.807, 2.05) is 0 Å². The average Bonchev–Trinajstić information content (AvgIpc) is 2.37. The van der Waals surface area contributed by atoms with Gasteiger partial charge in [-0.25, -0.2) is 9.18 Å². The Hall–Kier alpha value is -1.10. The van der Waals surface area contributed by atoms with E-state index in [2.05, 4.69) is 27.8 Å². The van der Waals surface area contributed by atoms with Gasteiger partial charge in [-0.2, -0.15) is 0 Å². The first kappa shape index (κ1) is 14.3. The number of ether oxygens (including phenoxy) is 1. The Morgan fingerprint density at radius 1 is 1.53 bits per heavy atom.